The third-order valence-electron chi connectivity index (χ3n) is 3.97. The highest BCUT2D eigenvalue weighted by molar-refractivity contribution is 7.91. The molecule has 3 rings (SSSR count). The van der Waals surface area contributed by atoms with Gasteiger partial charge < -0.3 is 9.88 Å². The summed E-state index contributed by atoms with van der Waals surface area (Å²) in [6, 6.07) is 8.46. The molecule has 2 heterocycles. The van der Waals surface area contributed by atoms with Crippen LogP contribution in [0.4, 0.5) is 0 Å². The topological polar surface area (TPSA) is 64.0 Å². The van der Waals surface area contributed by atoms with Gasteiger partial charge in [0.2, 0.25) is 0 Å². The van der Waals surface area contributed by atoms with Crippen LogP contribution in [0.3, 0.4) is 0 Å². The predicted octanol–water partition coefficient (Wildman–Crippen LogP) is 1.89. The summed E-state index contributed by atoms with van der Waals surface area (Å²) < 4.78 is 25.2. The number of hydrogen-bond acceptors (Lipinski definition) is 4. The van der Waals surface area contributed by atoms with E-state index in [1.54, 1.807) is 0 Å². The van der Waals surface area contributed by atoms with Crippen molar-refractivity contribution in [2.45, 2.75) is 38.9 Å². The average molecular weight is 307 g/mol. The van der Waals surface area contributed by atoms with Crippen molar-refractivity contribution in [2.24, 2.45) is 0 Å². The molecule has 1 atom stereocenters. The van der Waals surface area contributed by atoms with Crippen molar-refractivity contribution in [3.63, 3.8) is 0 Å². The zero-order valence-corrected chi connectivity index (χ0v) is 13.2. The zero-order chi connectivity index (χ0) is 15.0. The van der Waals surface area contributed by atoms with E-state index in [4.69, 9.17) is 0 Å². The Morgan fingerprint density at radius 1 is 1.38 bits per heavy atom. The molecule has 1 aromatic carbocycles. The number of imidazole rings is 1. The molecule has 0 radical (unpaired) electrons. The largest absolute Gasteiger partial charge is 0.324 e. The third kappa shape index (κ3) is 2.96. The van der Waals surface area contributed by atoms with Crippen LogP contribution in [-0.2, 0) is 16.4 Å². The number of rotatable bonds is 4. The van der Waals surface area contributed by atoms with Crippen molar-refractivity contribution in [1.29, 1.82) is 0 Å². The molecule has 5 nitrogen and oxygen atoms in total. The maximum atomic E-state index is 11.5. The van der Waals surface area contributed by atoms with Gasteiger partial charge in [0.25, 0.3) is 0 Å². The molecule has 1 fully saturated rings. The number of nitrogens with one attached hydrogen (secondary N) is 1. The molecule has 6 heteroatoms. The summed E-state index contributed by atoms with van der Waals surface area (Å²) in [6.45, 7) is 4.88. The molecule has 1 N–H and O–H groups in total. The fourth-order valence-electron chi connectivity index (χ4n) is 2.99. The fourth-order valence-corrected chi connectivity index (χ4v) is 4.69. The van der Waals surface area contributed by atoms with E-state index in [2.05, 4.69) is 34.8 Å². The summed E-state index contributed by atoms with van der Waals surface area (Å²) in [4.78, 5) is 4.68. The highest BCUT2D eigenvalue weighted by Crippen LogP contribution is 2.21. The molecule has 21 heavy (non-hydrogen) atoms. The minimum Gasteiger partial charge on any atom is -0.324 e. The van der Waals surface area contributed by atoms with E-state index >= 15 is 0 Å². The Balaban J connectivity index is 1.82. The fraction of sp³-hybridized carbons (Fsp3) is 0.533. The van der Waals surface area contributed by atoms with Crippen LogP contribution in [0.1, 0.15) is 32.1 Å². The Morgan fingerprint density at radius 2 is 2.14 bits per heavy atom. The summed E-state index contributed by atoms with van der Waals surface area (Å²) in [5.41, 5.74) is 2.12. The molecule has 1 unspecified atom stereocenters. The monoisotopic (exact) mass is 307 g/mol. The number of aromatic nitrogens is 2. The van der Waals surface area contributed by atoms with E-state index in [-0.39, 0.29) is 11.8 Å². The summed E-state index contributed by atoms with van der Waals surface area (Å²) in [7, 11) is -2.84. The molecule has 114 valence electrons. The summed E-state index contributed by atoms with van der Waals surface area (Å²) in [6.07, 6.45) is 0.699. The number of para-hydroxylation sites is 2. The van der Waals surface area contributed by atoms with Crippen molar-refractivity contribution in [1.82, 2.24) is 14.9 Å². The SMILES string of the molecule is CC(C)n1c(CNC2CCS(=O)(=O)C2)nc2ccccc21. The minimum absolute atomic E-state index is 0.0513. The molecule has 2 aromatic rings. The van der Waals surface area contributed by atoms with Gasteiger partial charge in [0.1, 0.15) is 5.82 Å². The van der Waals surface area contributed by atoms with Gasteiger partial charge in [-0.1, -0.05) is 12.1 Å². The van der Waals surface area contributed by atoms with Crippen LogP contribution < -0.4 is 5.32 Å². The van der Waals surface area contributed by atoms with Crippen molar-refractivity contribution in [3.05, 3.63) is 30.1 Å². The lowest BCUT2D eigenvalue weighted by atomic mass is 10.2. The molecule has 0 spiro atoms. The Hall–Kier alpha value is -1.40. The van der Waals surface area contributed by atoms with Gasteiger partial charge in [0.15, 0.2) is 9.84 Å². The van der Waals surface area contributed by atoms with Crippen LogP contribution in [0, 0.1) is 0 Å². The zero-order valence-electron chi connectivity index (χ0n) is 12.4. The van der Waals surface area contributed by atoms with E-state index in [1.165, 1.54) is 0 Å². The lowest BCUT2D eigenvalue weighted by molar-refractivity contribution is 0.508. The second-order valence-electron chi connectivity index (χ2n) is 5.96. The van der Waals surface area contributed by atoms with Crippen molar-refractivity contribution >= 4 is 20.9 Å². The Bertz CT molecular complexity index is 749. The van der Waals surface area contributed by atoms with E-state index in [0.29, 0.717) is 24.8 Å². The molecule has 1 aromatic heterocycles. The summed E-state index contributed by atoms with van der Waals surface area (Å²) >= 11 is 0. The maximum absolute atomic E-state index is 11.5. The van der Waals surface area contributed by atoms with Gasteiger partial charge in [0.05, 0.1) is 29.1 Å². The predicted molar refractivity (Wildman–Crippen MR) is 84.0 cm³/mol. The second kappa shape index (κ2) is 5.42. The van der Waals surface area contributed by atoms with Crippen LogP contribution in [0.5, 0.6) is 0 Å². The molecule has 0 amide bonds. The van der Waals surface area contributed by atoms with Gasteiger partial charge in [-0.05, 0) is 32.4 Å². The summed E-state index contributed by atoms with van der Waals surface area (Å²) in [5.74, 6) is 1.51. The van der Waals surface area contributed by atoms with Gasteiger partial charge in [-0.15, -0.1) is 0 Å². The Kier molecular flexibility index (Phi) is 3.75. The van der Waals surface area contributed by atoms with E-state index in [1.807, 2.05) is 18.2 Å². The quantitative estimate of drug-likeness (QED) is 0.937. The average Bonchev–Trinajstić information content (AvgIpc) is 2.95. The first-order valence-electron chi connectivity index (χ1n) is 7.36. The van der Waals surface area contributed by atoms with Crippen LogP contribution in [0.25, 0.3) is 11.0 Å². The van der Waals surface area contributed by atoms with Crippen LogP contribution in [0.2, 0.25) is 0 Å². The van der Waals surface area contributed by atoms with Gasteiger partial charge in [-0.25, -0.2) is 13.4 Å². The van der Waals surface area contributed by atoms with Crippen LogP contribution in [0.15, 0.2) is 24.3 Å². The normalized spacial score (nSPS) is 21.4. The number of fused-ring (bicyclic) bond motifs is 1. The van der Waals surface area contributed by atoms with E-state index in [0.717, 1.165) is 16.9 Å². The molecule has 0 aliphatic carbocycles. The first-order chi connectivity index (χ1) is 9.96. The molecule has 1 aliphatic heterocycles. The summed E-state index contributed by atoms with van der Waals surface area (Å²) in [5, 5.41) is 3.35. The molecular formula is C15H21N3O2S. The molecule has 1 aliphatic rings. The van der Waals surface area contributed by atoms with Gasteiger partial charge in [-0.2, -0.15) is 0 Å². The first-order valence-corrected chi connectivity index (χ1v) is 9.18. The molecule has 1 saturated heterocycles. The molecular weight excluding hydrogens is 286 g/mol. The highest BCUT2D eigenvalue weighted by Gasteiger charge is 2.27. The third-order valence-corrected chi connectivity index (χ3v) is 5.73. The van der Waals surface area contributed by atoms with Crippen molar-refractivity contribution < 1.29 is 8.42 Å². The Labute approximate surface area is 125 Å². The minimum atomic E-state index is -2.84. The standard InChI is InChI=1S/C15H21N3O2S/c1-11(2)18-14-6-4-3-5-13(14)17-15(18)9-16-12-7-8-21(19,20)10-12/h3-6,11-12,16H,7-10H2,1-2H3. The van der Waals surface area contributed by atoms with Crippen molar-refractivity contribution in [2.75, 3.05) is 11.5 Å². The smallest absolute Gasteiger partial charge is 0.151 e. The number of hydrogen-bond donors (Lipinski definition) is 1. The lowest BCUT2D eigenvalue weighted by Crippen LogP contribution is -2.30. The second-order valence-corrected chi connectivity index (χ2v) is 8.19. The Morgan fingerprint density at radius 3 is 2.81 bits per heavy atom. The number of nitrogens with zero attached hydrogens (tertiary/aromatic N) is 2. The molecule has 0 saturated carbocycles. The van der Waals surface area contributed by atoms with Crippen molar-refractivity contribution in [3.8, 4) is 0 Å². The first kappa shape index (κ1) is 14.5. The number of sulfone groups is 1. The van der Waals surface area contributed by atoms with Crippen LogP contribution >= 0.6 is 0 Å². The number of benzene rings is 1. The van der Waals surface area contributed by atoms with Gasteiger partial charge in [0, 0.05) is 12.1 Å². The van der Waals surface area contributed by atoms with Crippen LogP contribution in [-0.4, -0.2) is 35.5 Å². The van der Waals surface area contributed by atoms with E-state index < -0.39 is 9.84 Å². The van der Waals surface area contributed by atoms with Gasteiger partial charge in [-0.3, -0.25) is 0 Å². The lowest BCUT2D eigenvalue weighted by Gasteiger charge is -2.15. The highest BCUT2D eigenvalue weighted by atomic mass is 32.2. The van der Waals surface area contributed by atoms with E-state index in [9.17, 15) is 8.42 Å². The van der Waals surface area contributed by atoms with Gasteiger partial charge >= 0.3 is 0 Å². The maximum Gasteiger partial charge on any atom is 0.151 e. The molecule has 0 bridgehead atoms.